The van der Waals surface area contributed by atoms with Gasteiger partial charge in [0.05, 0.1) is 29.1 Å². The topological polar surface area (TPSA) is 90.9 Å². The molecule has 0 aliphatic carbocycles. The largest absolute Gasteiger partial charge is 0.394 e. The zero-order valence-corrected chi connectivity index (χ0v) is 17.8. The summed E-state index contributed by atoms with van der Waals surface area (Å²) in [4.78, 5) is 17.4. The molecular formula is C25H22F2N4O2. The highest BCUT2D eigenvalue weighted by atomic mass is 19.1. The fourth-order valence-electron chi connectivity index (χ4n) is 3.59. The van der Waals surface area contributed by atoms with Crippen molar-refractivity contribution in [3.8, 4) is 22.5 Å². The maximum Gasteiger partial charge on any atom is 0.252 e. The first-order valence-electron chi connectivity index (χ1n) is 10.3. The van der Waals surface area contributed by atoms with Gasteiger partial charge in [-0.1, -0.05) is 12.1 Å². The molecular weight excluding hydrogens is 426 g/mol. The van der Waals surface area contributed by atoms with Crippen LogP contribution in [0.1, 0.15) is 23.0 Å². The first kappa shape index (κ1) is 22.3. The number of amides is 1. The lowest BCUT2D eigenvalue weighted by Crippen LogP contribution is -2.50. The molecule has 0 bridgehead atoms. The summed E-state index contributed by atoms with van der Waals surface area (Å²) in [5, 5.41) is 19.7. The Bertz CT molecular complexity index is 1260. The molecule has 0 fully saturated rings. The third-order valence-corrected chi connectivity index (χ3v) is 5.31. The fourth-order valence-corrected chi connectivity index (χ4v) is 3.59. The van der Waals surface area contributed by atoms with Crippen molar-refractivity contribution in [3.05, 3.63) is 95.8 Å². The molecule has 1 atom stereocenters. The average Bonchev–Trinajstić information content (AvgIpc) is 3.29. The number of aromatic amines is 1. The van der Waals surface area contributed by atoms with Crippen LogP contribution < -0.4 is 5.32 Å². The maximum atomic E-state index is 14.9. The number of halogens is 2. The molecule has 0 radical (unpaired) electrons. The van der Waals surface area contributed by atoms with Gasteiger partial charge in [0.2, 0.25) is 0 Å². The highest BCUT2D eigenvalue weighted by Gasteiger charge is 2.29. The second kappa shape index (κ2) is 9.30. The molecule has 0 saturated heterocycles. The van der Waals surface area contributed by atoms with Gasteiger partial charge in [0.25, 0.3) is 5.91 Å². The van der Waals surface area contributed by atoms with Crippen molar-refractivity contribution in [3.63, 3.8) is 0 Å². The van der Waals surface area contributed by atoms with Crippen LogP contribution in [-0.2, 0) is 6.42 Å². The molecule has 0 spiro atoms. The zero-order valence-electron chi connectivity index (χ0n) is 17.8. The van der Waals surface area contributed by atoms with Crippen molar-refractivity contribution in [1.29, 1.82) is 0 Å². The molecule has 6 nitrogen and oxygen atoms in total. The lowest BCUT2D eigenvalue weighted by Gasteiger charge is -2.29. The summed E-state index contributed by atoms with van der Waals surface area (Å²) in [5.74, 6) is -1.53. The van der Waals surface area contributed by atoms with Crippen molar-refractivity contribution in [1.82, 2.24) is 20.5 Å². The smallest absolute Gasteiger partial charge is 0.252 e. The van der Waals surface area contributed by atoms with Gasteiger partial charge in [-0.15, -0.1) is 0 Å². The molecule has 0 aliphatic heterocycles. The minimum Gasteiger partial charge on any atom is -0.394 e. The van der Waals surface area contributed by atoms with Crippen LogP contribution in [0, 0.1) is 11.6 Å². The second-order valence-electron chi connectivity index (χ2n) is 8.01. The number of hydrogen-bond donors (Lipinski definition) is 3. The first-order valence-corrected chi connectivity index (χ1v) is 10.3. The van der Waals surface area contributed by atoms with Crippen LogP contribution in [0.15, 0.2) is 72.9 Å². The first-order chi connectivity index (χ1) is 15.9. The van der Waals surface area contributed by atoms with Gasteiger partial charge >= 0.3 is 0 Å². The Morgan fingerprint density at radius 1 is 1.09 bits per heavy atom. The number of carbonyl (C=O) groups excluding carboxylic acids is 1. The molecule has 2 aromatic heterocycles. The molecule has 8 heteroatoms. The van der Waals surface area contributed by atoms with E-state index in [0.29, 0.717) is 29.1 Å². The number of rotatable bonds is 7. The van der Waals surface area contributed by atoms with E-state index in [1.807, 2.05) is 6.07 Å². The van der Waals surface area contributed by atoms with E-state index in [1.165, 1.54) is 30.3 Å². The van der Waals surface area contributed by atoms with E-state index in [0.717, 1.165) is 0 Å². The van der Waals surface area contributed by atoms with Crippen molar-refractivity contribution in [2.24, 2.45) is 0 Å². The molecule has 1 amide bonds. The number of carbonyl (C=O) groups is 1. The molecule has 33 heavy (non-hydrogen) atoms. The molecule has 3 N–H and O–H groups in total. The Hall–Kier alpha value is -3.91. The number of benzene rings is 2. The van der Waals surface area contributed by atoms with E-state index in [2.05, 4.69) is 20.5 Å². The van der Waals surface area contributed by atoms with Crippen LogP contribution in [-0.4, -0.2) is 38.3 Å². The van der Waals surface area contributed by atoms with E-state index in [4.69, 9.17) is 0 Å². The summed E-state index contributed by atoms with van der Waals surface area (Å²) < 4.78 is 28.1. The lowest BCUT2D eigenvalue weighted by molar-refractivity contribution is 0.0851. The fraction of sp³-hybridized carbons (Fsp3) is 0.160. The van der Waals surface area contributed by atoms with Crippen molar-refractivity contribution in [2.45, 2.75) is 18.9 Å². The number of H-pyrrole nitrogens is 1. The van der Waals surface area contributed by atoms with Gasteiger partial charge in [-0.25, -0.2) is 8.78 Å². The van der Waals surface area contributed by atoms with E-state index in [9.17, 15) is 18.7 Å². The highest BCUT2D eigenvalue weighted by molar-refractivity contribution is 6.01. The Kier molecular flexibility index (Phi) is 6.28. The summed E-state index contributed by atoms with van der Waals surface area (Å²) in [7, 11) is 0. The van der Waals surface area contributed by atoms with Crippen LogP contribution in [0.5, 0.6) is 0 Å². The molecule has 2 heterocycles. The third kappa shape index (κ3) is 4.96. The molecule has 4 rings (SSSR count). The van der Waals surface area contributed by atoms with Gasteiger partial charge in [-0.05, 0) is 61.5 Å². The summed E-state index contributed by atoms with van der Waals surface area (Å²) >= 11 is 0. The van der Waals surface area contributed by atoms with E-state index in [-0.39, 0.29) is 23.6 Å². The minimum absolute atomic E-state index is 0.0500. The van der Waals surface area contributed by atoms with Crippen LogP contribution >= 0.6 is 0 Å². The predicted octanol–water partition coefficient (Wildman–Crippen LogP) is 4.14. The summed E-state index contributed by atoms with van der Waals surface area (Å²) in [5.41, 5.74) is 1.25. The quantitative estimate of drug-likeness (QED) is 0.396. The number of nitrogens with one attached hydrogen (secondary N) is 2. The normalized spacial score (nSPS) is 12.8. The molecule has 168 valence electrons. The SMILES string of the molecule is C[C@@](CO)(Cc1ccccn1)NC(=O)c1cccc(F)c1-c1cc(-c2ccc(F)cc2)n[nH]1. The minimum atomic E-state index is -1.01. The number of aliphatic hydroxyl groups is 1. The van der Waals surface area contributed by atoms with E-state index in [1.54, 1.807) is 43.5 Å². The lowest BCUT2D eigenvalue weighted by atomic mass is 9.94. The predicted molar refractivity (Wildman–Crippen MR) is 120 cm³/mol. The molecule has 2 aromatic carbocycles. The van der Waals surface area contributed by atoms with Crippen LogP contribution in [0.4, 0.5) is 8.78 Å². The van der Waals surface area contributed by atoms with Crippen molar-refractivity contribution < 1.29 is 18.7 Å². The van der Waals surface area contributed by atoms with Crippen LogP contribution in [0.3, 0.4) is 0 Å². The van der Waals surface area contributed by atoms with E-state index >= 15 is 0 Å². The number of hydrogen-bond acceptors (Lipinski definition) is 4. The number of nitrogens with zero attached hydrogens (tertiary/aromatic N) is 2. The zero-order chi connectivity index (χ0) is 23.4. The Labute approximate surface area is 189 Å². The van der Waals surface area contributed by atoms with Gasteiger partial charge in [0.1, 0.15) is 11.6 Å². The maximum absolute atomic E-state index is 14.9. The number of pyridine rings is 1. The van der Waals surface area contributed by atoms with Gasteiger partial charge < -0.3 is 10.4 Å². The third-order valence-electron chi connectivity index (χ3n) is 5.31. The summed E-state index contributed by atoms with van der Waals surface area (Å²) in [6, 6.07) is 17.0. The second-order valence-corrected chi connectivity index (χ2v) is 8.01. The van der Waals surface area contributed by atoms with Gasteiger partial charge in [0, 0.05) is 29.4 Å². The number of aliphatic hydroxyl groups excluding tert-OH is 1. The van der Waals surface area contributed by atoms with Crippen molar-refractivity contribution in [2.75, 3.05) is 6.61 Å². The molecule has 0 saturated carbocycles. The van der Waals surface area contributed by atoms with Crippen LogP contribution in [0.25, 0.3) is 22.5 Å². The Morgan fingerprint density at radius 2 is 1.88 bits per heavy atom. The molecule has 4 aromatic rings. The van der Waals surface area contributed by atoms with Gasteiger partial charge in [-0.2, -0.15) is 5.10 Å². The van der Waals surface area contributed by atoms with E-state index < -0.39 is 17.3 Å². The van der Waals surface area contributed by atoms with Crippen molar-refractivity contribution >= 4 is 5.91 Å². The standard InChI is InChI=1S/C25H22F2N4O2/c1-25(15-32,14-18-5-2-3-12-28-18)29-24(33)19-6-4-7-20(27)23(19)22-13-21(30-31-22)16-8-10-17(26)11-9-16/h2-13,32H,14-15H2,1H3,(H,29,33)(H,30,31)/t25-/m0/s1. The number of aromatic nitrogens is 3. The Balaban J connectivity index is 1.64. The molecule has 0 unspecified atom stereocenters. The summed E-state index contributed by atoms with van der Waals surface area (Å²) in [6.07, 6.45) is 1.93. The summed E-state index contributed by atoms with van der Waals surface area (Å²) in [6.45, 7) is 1.36. The monoisotopic (exact) mass is 448 g/mol. The molecule has 0 aliphatic rings. The van der Waals surface area contributed by atoms with Gasteiger partial charge in [-0.3, -0.25) is 14.9 Å². The van der Waals surface area contributed by atoms with Gasteiger partial charge in [0.15, 0.2) is 0 Å². The average molecular weight is 448 g/mol. The van der Waals surface area contributed by atoms with Crippen LogP contribution in [0.2, 0.25) is 0 Å². The Morgan fingerprint density at radius 3 is 2.58 bits per heavy atom. The highest BCUT2D eigenvalue weighted by Crippen LogP contribution is 2.29.